The highest BCUT2D eigenvalue weighted by atomic mass is 16.6. The van der Waals surface area contributed by atoms with E-state index in [4.69, 9.17) is 4.74 Å². The van der Waals surface area contributed by atoms with Crippen LogP contribution in [-0.2, 0) is 9.53 Å². The summed E-state index contributed by atoms with van der Waals surface area (Å²) in [5.74, 6) is 0.0727. The summed E-state index contributed by atoms with van der Waals surface area (Å²) < 4.78 is 5.59. The van der Waals surface area contributed by atoms with Crippen LogP contribution in [0.4, 0.5) is 4.79 Å². The van der Waals surface area contributed by atoms with Gasteiger partial charge in [-0.05, 0) is 57.7 Å². The number of hydrogen-bond donors (Lipinski definition) is 2. The Morgan fingerprint density at radius 1 is 1.29 bits per heavy atom. The van der Waals surface area contributed by atoms with Crippen molar-refractivity contribution in [3.8, 4) is 5.75 Å². The molecule has 1 aromatic carbocycles. The van der Waals surface area contributed by atoms with Crippen molar-refractivity contribution in [2.45, 2.75) is 57.2 Å². The van der Waals surface area contributed by atoms with Crippen molar-refractivity contribution in [2.24, 2.45) is 0 Å². The van der Waals surface area contributed by atoms with Gasteiger partial charge in [0.05, 0.1) is 6.04 Å². The first kappa shape index (κ1) is 16.6. The van der Waals surface area contributed by atoms with Crippen LogP contribution in [0.15, 0.2) is 24.3 Å². The van der Waals surface area contributed by atoms with Crippen molar-refractivity contribution in [3.63, 3.8) is 0 Å². The fourth-order valence-electron chi connectivity index (χ4n) is 3.68. The molecule has 6 heteroatoms. The first-order valence-corrected chi connectivity index (χ1v) is 8.32. The standard InChI is InChI=1S/C18H24N2O4/c1-17(2,3)24-16(23)20-14(12-4-6-13(21)7-5-12)8-9-18(20)10-11-19-15(18)22/h4-7,14,21H,8-11H2,1-3H3,(H,19,22)/t14?,18-/m1/s1. The predicted octanol–water partition coefficient (Wildman–Crippen LogP) is 2.72. The molecule has 0 bridgehead atoms. The lowest BCUT2D eigenvalue weighted by atomic mass is 9.94. The number of carbonyl (C=O) groups excluding carboxylic acids is 2. The number of nitrogens with one attached hydrogen (secondary N) is 1. The maximum Gasteiger partial charge on any atom is 0.411 e. The van der Waals surface area contributed by atoms with Gasteiger partial charge in [0.1, 0.15) is 16.9 Å². The Morgan fingerprint density at radius 3 is 2.50 bits per heavy atom. The number of nitrogens with zero attached hydrogens (tertiary/aromatic N) is 1. The number of ether oxygens (including phenoxy) is 1. The van der Waals surface area contributed by atoms with E-state index in [-0.39, 0.29) is 17.7 Å². The van der Waals surface area contributed by atoms with E-state index in [1.54, 1.807) is 29.2 Å². The van der Waals surface area contributed by atoms with Crippen LogP contribution in [0.3, 0.4) is 0 Å². The highest BCUT2D eigenvalue weighted by molar-refractivity contribution is 5.92. The number of hydrogen-bond acceptors (Lipinski definition) is 4. The van der Waals surface area contributed by atoms with Gasteiger partial charge in [0, 0.05) is 6.54 Å². The SMILES string of the molecule is CC(C)(C)OC(=O)N1C(c2ccc(O)cc2)CC[C@]12CCNC2=O. The van der Waals surface area contributed by atoms with Crippen molar-refractivity contribution in [3.05, 3.63) is 29.8 Å². The first-order valence-electron chi connectivity index (χ1n) is 8.32. The molecular weight excluding hydrogens is 308 g/mol. The number of amides is 2. The Balaban J connectivity index is 1.98. The number of rotatable bonds is 1. The highest BCUT2D eigenvalue weighted by Crippen LogP contribution is 2.47. The van der Waals surface area contributed by atoms with Gasteiger partial charge >= 0.3 is 6.09 Å². The van der Waals surface area contributed by atoms with Crippen LogP contribution in [0.2, 0.25) is 0 Å². The van der Waals surface area contributed by atoms with Crippen LogP contribution in [0.1, 0.15) is 51.6 Å². The molecule has 2 heterocycles. The van der Waals surface area contributed by atoms with Gasteiger partial charge in [-0.15, -0.1) is 0 Å². The molecule has 1 aromatic rings. The summed E-state index contributed by atoms with van der Waals surface area (Å²) in [7, 11) is 0. The number of aromatic hydroxyl groups is 1. The molecule has 0 aliphatic carbocycles. The Kier molecular flexibility index (Phi) is 3.94. The quantitative estimate of drug-likeness (QED) is 0.829. The Hall–Kier alpha value is -2.24. The summed E-state index contributed by atoms with van der Waals surface area (Å²) in [5, 5.41) is 12.4. The topological polar surface area (TPSA) is 78.9 Å². The molecular formula is C18H24N2O4. The fraction of sp³-hybridized carbons (Fsp3) is 0.556. The van der Waals surface area contributed by atoms with Crippen LogP contribution in [0.25, 0.3) is 0 Å². The fourth-order valence-corrected chi connectivity index (χ4v) is 3.68. The van der Waals surface area contributed by atoms with E-state index in [0.29, 0.717) is 25.8 Å². The molecule has 130 valence electrons. The Labute approximate surface area is 141 Å². The van der Waals surface area contributed by atoms with Crippen molar-refractivity contribution < 1.29 is 19.4 Å². The minimum atomic E-state index is -0.828. The molecule has 1 spiro atoms. The third-order valence-electron chi connectivity index (χ3n) is 4.72. The van der Waals surface area contributed by atoms with Crippen molar-refractivity contribution in [1.82, 2.24) is 10.2 Å². The van der Waals surface area contributed by atoms with E-state index < -0.39 is 17.2 Å². The summed E-state index contributed by atoms with van der Waals surface area (Å²) in [5.41, 5.74) is -0.560. The summed E-state index contributed by atoms with van der Waals surface area (Å²) >= 11 is 0. The van der Waals surface area contributed by atoms with E-state index >= 15 is 0 Å². The predicted molar refractivity (Wildman–Crippen MR) is 88.5 cm³/mol. The maximum atomic E-state index is 12.9. The maximum absolute atomic E-state index is 12.9. The second kappa shape index (κ2) is 5.69. The lowest BCUT2D eigenvalue weighted by Crippen LogP contribution is -2.54. The van der Waals surface area contributed by atoms with Gasteiger partial charge in [-0.1, -0.05) is 12.1 Å². The van der Waals surface area contributed by atoms with Crippen LogP contribution in [0, 0.1) is 0 Å². The lowest BCUT2D eigenvalue weighted by molar-refractivity contribution is -0.129. The third kappa shape index (κ3) is 2.81. The minimum absolute atomic E-state index is 0.102. The Bertz CT molecular complexity index is 650. The lowest BCUT2D eigenvalue weighted by Gasteiger charge is -2.37. The zero-order valence-electron chi connectivity index (χ0n) is 14.3. The van der Waals surface area contributed by atoms with Crippen LogP contribution in [0.5, 0.6) is 5.75 Å². The largest absolute Gasteiger partial charge is 0.508 e. The van der Waals surface area contributed by atoms with Crippen LogP contribution in [-0.4, -0.2) is 39.7 Å². The normalized spacial score (nSPS) is 26.7. The molecule has 2 amide bonds. The molecule has 1 unspecified atom stereocenters. The van der Waals surface area contributed by atoms with Gasteiger partial charge in [-0.3, -0.25) is 9.69 Å². The summed E-state index contributed by atoms with van der Waals surface area (Å²) in [6.45, 7) is 6.02. The van der Waals surface area contributed by atoms with Gasteiger partial charge in [0.15, 0.2) is 0 Å². The first-order chi connectivity index (χ1) is 11.2. The van der Waals surface area contributed by atoms with Gasteiger partial charge in [0.25, 0.3) is 0 Å². The van der Waals surface area contributed by atoms with E-state index in [0.717, 1.165) is 5.56 Å². The molecule has 2 saturated heterocycles. The molecule has 3 rings (SSSR count). The van der Waals surface area contributed by atoms with Gasteiger partial charge < -0.3 is 15.2 Å². The highest BCUT2D eigenvalue weighted by Gasteiger charge is 2.57. The average molecular weight is 332 g/mol. The monoisotopic (exact) mass is 332 g/mol. The van der Waals surface area contributed by atoms with E-state index in [1.165, 1.54) is 0 Å². The smallest absolute Gasteiger partial charge is 0.411 e. The van der Waals surface area contributed by atoms with E-state index in [2.05, 4.69) is 5.32 Å². The van der Waals surface area contributed by atoms with E-state index in [1.807, 2.05) is 20.8 Å². The molecule has 2 fully saturated rings. The molecule has 2 aliphatic rings. The number of benzene rings is 1. The van der Waals surface area contributed by atoms with Crippen LogP contribution < -0.4 is 5.32 Å². The second-order valence-corrected chi connectivity index (χ2v) is 7.53. The van der Waals surface area contributed by atoms with Crippen LogP contribution >= 0.6 is 0 Å². The second-order valence-electron chi connectivity index (χ2n) is 7.53. The molecule has 2 aliphatic heterocycles. The van der Waals surface area contributed by atoms with Gasteiger partial charge in [-0.25, -0.2) is 4.79 Å². The van der Waals surface area contributed by atoms with Gasteiger partial charge in [-0.2, -0.15) is 0 Å². The summed E-state index contributed by atoms with van der Waals surface area (Å²) in [6.07, 6.45) is 1.44. The van der Waals surface area contributed by atoms with Gasteiger partial charge in [0.2, 0.25) is 5.91 Å². The zero-order chi connectivity index (χ0) is 17.5. The zero-order valence-corrected chi connectivity index (χ0v) is 14.3. The number of phenolic OH excluding ortho intramolecular Hbond substituents is 1. The third-order valence-corrected chi connectivity index (χ3v) is 4.72. The molecule has 24 heavy (non-hydrogen) atoms. The molecule has 0 radical (unpaired) electrons. The number of likely N-dealkylation sites (tertiary alicyclic amines) is 1. The number of phenols is 1. The molecule has 2 N–H and O–H groups in total. The Morgan fingerprint density at radius 2 is 1.96 bits per heavy atom. The van der Waals surface area contributed by atoms with Crippen molar-refractivity contribution in [2.75, 3.05) is 6.54 Å². The molecule has 0 saturated carbocycles. The van der Waals surface area contributed by atoms with E-state index in [9.17, 15) is 14.7 Å². The van der Waals surface area contributed by atoms with Crippen molar-refractivity contribution in [1.29, 1.82) is 0 Å². The summed E-state index contributed by atoms with van der Waals surface area (Å²) in [4.78, 5) is 27.0. The molecule has 0 aromatic heterocycles. The average Bonchev–Trinajstić information content (AvgIpc) is 3.03. The minimum Gasteiger partial charge on any atom is -0.508 e. The molecule has 6 nitrogen and oxygen atoms in total. The summed E-state index contributed by atoms with van der Waals surface area (Å²) in [6, 6.07) is 6.56. The molecule has 2 atom stereocenters. The van der Waals surface area contributed by atoms with Crippen molar-refractivity contribution >= 4 is 12.0 Å². The number of carbonyl (C=O) groups is 2.